The lowest BCUT2D eigenvalue weighted by molar-refractivity contribution is 0.779. The van der Waals surface area contributed by atoms with Gasteiger partial charge in [0.1, 0.15) is 5.82 Å². The van der Waals surface area contributed by atoms with Crippen molar-refractivity contribution >= 4 is 11.0 Å². The molecule has 2 aromatic rings. The zero-order valence-electron chi connectivity index (χ0n) is 9.77. The maximum atomic E-state index is 5.75. The molecular weight excluding hydrogens is 198 g/mol. The Balaban J connectivity index is 2.21. The van der Waals surface area contributed by atoms with Gasteiger partial charge in [-0.3, -0.25) is 0 Å². The zero-order valence-corrected chi connectivity index (χ0v) is 9.77. The fraction of sp³-hybridized carbons (Fsp3) is 0.462. The van der Waals surface area contributed by atoms with Gasteiger partial charge >= 0.3 is 0 Å². The topological polar surface area (TPSA) is 43.8 Å². The molecule has 3 heteroatoms. The molecule has 0 spiro atoms. The summed E-state index contributed by atoms with van der Waals surface area (Å²) in [6.07, 6.45) is 1.27. The molecule has 3 rings (SSSR count). The van der Waals surface area contributed by atoms with Gasteiger partial charge in [0.05, 0.1) is 11.0 Å². The predicted molar refractivity (Wildman–Crippen MR) is 65.1 cm³/mol. The maximum absolute atomic E-state index is 5.75. The van der Waals surface area contributed by atoms with Crippen LogP contribution in [0.4, 0.5) is 0 Å². The van der Waals surface area contributed by atoms with Crippen molar-refractivity contribution in [3.63, 3.8) is 0 Å². The molecule has 1 aliphatic carbocycles. The van der Waals surface area contributed by atoms with E-state index < -0.39 is 0 Å². The van der Waals surface area contributed by atoms with Gasteiger partial charge in [-0.1, -0.05) is 19.1 Å². The van der Waals surface area contributed by atoms with Crippen molar-refractivity contribution in [1.29, 1.82) is 0 Å². The van der Waals surface area contributed by atoms with E-state index in [4.69, 9.17) is 10.7 Å². The fourth-order valence-corrected chi connectivity index (χ4v) is 2.47. The van der Waals surface area contributed by atoms with Crippen molar-refractivity contribution in [3.8, 4) is 0 Å². The SMILES string of the molecule is CC1CC1c1nc2c(CN)cccc2n1C. The van der Waals surface area contributed by atoms with E-state index in [-0.39, 0.29) is 0 Å². The van der Waals surface area contributed by atoms with E-state index in [0.29, 0.717) is 12.5 Å². The number of aromatic nitrogens is 2. The molecule has 3 nitrogen and oxygen atoms in total. The molecule has 1 saturated carbocycles. The van der Waals surface area contributed by atoms with Gasteiger partial charge in [-0.05, 0) is 24.0 Å². The third-order valence-corrected chi connectivity index (χ3v) is 3.69. The van der Waals surface area contributed by atoms with Crippen molar-refractivity contribution in [2.45, 2.75) is 25.8 Å². The molecule has 0 aliphatic heterocycles. The van der Waals surface area contributed by atoms with E-state index >= 15 is 0 Å². The molecular formula is C13H17N3. The van der Waals surface area contributed by atoms with Crippen LogP contribution in [-0.2, 0) is 13.6 Å². The standard InChI is InChI=1S/C13H17N3/c1-8-6-10(8)13-15-12-9(7-14)4-3-5-11(12)16(13)2/h3-5,8,10H,6-7,14H2,1-2H3. The molecule has 16 heavy (non-hydrogen) atoms. The Kier molecular flexibility index (Phi) is 2.04. The van der Waals surface area contributed by atoms with Crippen LogP contribution in [-0.4, -0.2) is 9.55 Å². The first-order chi connectivity index (χ1) is 7.72. The maximum Gasteiger partial charge on any atom is 0.113 e. The third kappa shape index (κ3) is 1.28. The van der Waals surface area contributed by atoms with Crippen LogP contribution in [0.25, 0.3) is 11.0 Å². The summed E-state index contributed by atoms with van der Waals surface area (Å²) in [4.78, 5) is 4.78. The minimum Gasteiger partial charge on any atom is -0.331 e. The van der Waals surface area contributed by atoms with Crippen molar-refractivity contribution in [2.24, 2.45) is 18.7 Å². The molecule has 1 heterocycles. The normalized spacial score (nSPS) is 23.9. The Labute approximate surface area is 95.3 Å². The molecule has 2 atom stereocenters. The van der Waals surface area contributed by atoms with Crippen LogP contribution in [0.2, 0.25) is 0 Å². The lowest BCUT2D eigenvalue weighted by Gasteiger charge is -2.00. The number of aryl methyl sites for hydroxylation is 1. The smallest absolute Gasteiger partial charge is 0.113 e. The molecule has 1 aromatic heterocycles. The number of rotatable bonds is 2. The van der Waals surface area contributed by atoms with Crippen molar-refractivity contribution < 1.29 is 0 Å². The molecule has 84 valence electrons. The molecule has 0 amide bonds. The summed E-state index contributed by atoms with van der Waals surface area (Å²) < 4.78 is 2.22. The summed E-state index contributed by atoms with van der Waals surface area (Å²) in [6.45, 7) is 2.85. The first-order valence-electron chi connectivity index (χ1n) is 5.86. The number of hydrogen-bond acceptors (Lipinski definition) is 2. The van der Waals surface area contributed by atoms with Gasteiger partial charge in [0.2, 0.25) is 0 Å². The van der Waals surface area contributed by atoms with E-state index in [1.54, 1.807) is 0 Å². The van der Waals surface area contributed by atoms with Crippen molar-refractivity contribution in [1.82, 2.24) is 9.55 Å². The molecule has 0 bridgehead atoms. The highest BCUT2D eigenvalue weighted by Gasteiger charge is 2.37. The summed E-state index contributed by atoms with van der Waals surface area (Å²) in [5.41, 5.74) is 9.18. The highest BCUT2D eigenvalue weighted by atomic mass is 15.1. The number of para-hydroxylation sites is 1. The molecule has 1 aromatic carbocycles. The molecule has 0 saturated heterocycles. The minimum atomic E-state index is 0.564. The predicted octanol–water partition coefficient (Wildman–Crippen LogP) is 2.16. The number of fused-ring (bicyclic) bond motifs is 1. The highest BCUT2D eigenvalue weighted by molar-refractivity contribution is 5.79. The second kappa shape index (κ2) is 3.32. The molecule has 0 radical (unpaired) electrons. The second-order valence-corrected chi connectivity index (χ2v) is 4.84. The summed E-state index contributed by atoms with van der Waals surface area (Å²) in [7, 11) is 2.11. The van der Waals surface area contributed by atoms with Gasteiger partial charge < -0.3 is 10.3 Å². The third-order valence-electron chi connectivity index (χ3n) is 3.69. The Morgan fingerprint density at radius 1 is 1.50 bits per heavy atom. The number of imidazole rings is 1. The Morgan fingerprint density at radius 3 is 2.88 bits per heavy atom. The average Bonchev–Trinajstić information content (AvgIpc) is 2.92. The Hall–Kier alpha value is -1.35. The quantitative estimate of drug-likeness (QED) is 0.834. The number of nitrogens with zero attached hydrogens (tertiary/aromatic N) is 2. The zero-order chi connectivity index (χ0) is 11.3. The van der Waals surface area contributed by atoms with Gasteiger partial charge in [-0.15, -0.1) is 0 Å². The van der Waals surface area contributed by atoms with Crippen LogP contribution in [0.1, 0.15) is 30.7 Å². The Morgan fingerprint density at radius 2 is 2.25 bits per heavy atom. The van der Waals surface area contributed by atoms with E-state index in [1.165, 1.54) is 17.8 Å². The summed E-state index contributed by atoms with van der Waals surface area (Å²) in [6, 6.07) is 6.25. The van der Waals surface area contributed by atoms with E-state index in [9.17, 15) is 0 Å². The van der Waals surface area contributed by atoms with Crippen molar-refractivity contribution in [2.75, 3.05) is 0 Å². The monoisotopic (exact) mass is 215 g/mol. The van der Waals surface area contributed by atoms with E-state index in [1.807, 2.05) is 0 Å². The van der Waals surface area contributed by atoms with Gasteiger partial charge in [0.15, 0.2) is 0 Å². The van der Waals surface area contributed by atoms with E-state index in [0.717, 1.165) is 17.0 Å². The average molecular weight is 215 g/mol. The number of hydrogen-bond donors (Lipinski definition) is 1. The van der Waals surface area contributed by atoms with E-state index in [2.05, 4.69) is 36.7 Å². The number of benzene rings is 1. The highest BCUT2D eigenvalue weighted by Crippen LogP contribution is 2.46. The van der Waals surface area contributed by atoms with Gasteiger partial charge in [-0.25, -0.2) is 4.98 Å². The number of nitrogens with two attached hydrogens (primary N) is 1. The fourth-order valence-electron chi connectivity index (χ4n) is 2.47. The lowest BCUT2D eigenvalue weighted by Crippen LogP contribution is -1.97. The minimum absolute atomic E-state index is 0.564. The van der Waals surface area contributed by atoms with Crippen molar-refractivity contribution in [3.05, 3.63) is 29.6 Å². The molecule has 2 N–H and O–H groups in total. The van der Waals surface area contributed by atoms with Crippen LogP contribution in [0.5, 0.6) is 0 Å². The molecule has 2 unspecified atom stereocenters. The summed E-state index contributed by atoms with van der Waals surface area (Å²) >= 11 is 0. The van der Waals surface area contributed by atoms with Gasteiger partial charge in [0, 0.05) is 19.5 Å². The van der Waals surface area contributed by atoms with Crippen LogP contribution in [0, 0.1) is 5.92 Å². The van der Waals surface area contributed by atoms with Gasteiger partial charge in [-0.2, -0.15) is 0 Å². The molecule has 1 aliphatic rings. The summed E-state index contributed by atoms with van der Waals surface area (Å²) in [5, 5.41) is 0. The van der Waals surface area contributed by atoms with Crippen LogP contribution >= 0.6 is 0 Å². The molecule has 1 fully saturated rings. The summed E-state index contributed by atoms with van der Waals surface area (Å²) in [5.74, 6) is 2.67. The first-order valence-corrected chi connectivity index (χ1v) is 5.86. The largest absolute Gasteiger partial charge is 0.331 e. The Bertz CT molecular complexity index is 541. The lowest BCUT2D eigenvalue weighted by atomic mass is 10.2. The van der Waals surface area contributed by atoms with Gasteiger partial charge in [0.25, 0.3) is 0 Å². The van der Waals surface area contributed by atoms with Crippen LogP contribution in [0.15, 0.2) is 18.2 Å². The van der Waals surface area contributed by atoms with Crippen LogP contribution in [0.3, 0.4) is 0 Å². The second-order valence-electron chi connectivity index (χ2n) is 4.84. The van der Waals surface area contributed by atoms with Crippen LogP contribution < -0.4 is 5.73 Å². The first kappa shape index (κ1) is 9.85.